The predicted octanol–water partition coefficient (Wildman–Crippen LogP) is 19.2. The molecule has 400 valence electrons. The summed E-state index contributed by atoms with van der Waals surface area (Å²) < 4.78 is 0. The summed E-state index contributed by atoms with van der Waals surface area (Å²) in [4.78, 5) is 10.2. The van der Waals surface area contributed by atoms with Crippen molar-refractivity contribution in [2.75, 3.05) is 19.6 Å². The number of fused-ring (bicyclic) bond motifs is 5. The number of hydrogen-bond donors (Lipinski definition) is 0. The Kier molecular flexibility index (Phi) is 12.4. The molecule has 0 aromatic heterocycles. The fourth-order valence-corrected chi connectivity index (χ4v) is 13.8. The molecular weight excluding hydrogens is 980 g/mol. The second kappa shape index (κ2) is 19.3. The molecule has 0 atom stereocenters. The first kappa shape index (κ1) is 51.9. The van der Waals surface area contributed by atoms with E-state index in [-0.39, 0.29) is 28.4 Å². The van der Waals surface area contributed by atoms with E-state index in [0.29, 0.717) is 0 Å². The zero-order chi connectivity index (χ0) is 56.2. The summed E-state index contributed by atoms with van der Waals surface area (Å²) >= 11 is 0. The Hall–Kier alpha value is -8.54. The zero-order valence-corrected chi connectivity index (χ0v) is 49.0. The van der Waals surface area contributed by atoms with Gasteiger partial charge in [-0.1, -0.05) is 203 Å². The lowest BCUT2D eigenvalue weighted by molar-refractivity contribution is 0.403. The molecule has 2 heterocycles. The fourth-order valence-electron chi connectivity index (χ4n) is 13.8. The molecule has 2 aliphatic heterocycles. The number of nitrogens with zero attached hydrogens (tertiary/aromatic N) is 4. The molecule has 5 heteroatoms. The smallest absolute Gasteiger partial charge is 0.252 e. The first-order chi connectivity index (χ1) is 38.9. The third-order valence-electron chi connectivity index (χ3n) is 17.6. The lowest BCUT2D eigenvalue weighted by Gasteiger charge is -2.46. The minimum atomic E-state index is -0.118. The van der Waals surface area contributed by atoms with Crippen molar-refractivity contribution in [3.63, 3.8) is 0 Å². The largest absolute Gasteiger partial charge is 0.311 e. The molecule has 0 saturated carbocycles. The van der Waals surface area contributed by atoms with Gasteiger partial charge in [0.1, 0.15) is 0 Å². The number of anilines is 12. The number of aryl methyl sites for hydroxylation is 1. The number of para-hydroxylation sites is 4. The molecule has 0 saturated heterocycles. The van der Waals surface area contributed by atoms with Crippen LogP contribution in [0.3, 0.4) is 0 Å². The second-order valence-electron chi connectivity index (χ2n) is 26.3. The van der Waals surface area contributed by atoms with Crippen molar-refractivity contribution in [2.45, 2.75) is 104 Å². The Morgan fingerprint density at radius 1 is 0.370 bits per heavy atom. The van der Waals surface area contributed by atoms with Crippen LogP contribution in [0.1, 0.15) is 103 Å². The van der Waals surface area contributed by atoms with Crippen LogP contribution < -0.4 is 36.0 Å². The van der Waals surface area contributed by atoms with Gasteiger partial charge in [-0.2, -0.15) is 0 Å². The molecular formula is C76H73BN4. The average Bonchev–Trinajstić information content (AvgIpc) is 2.17. The van der Waals surface area contributed by atoms with Gasteiger partial charge in [0, 0.05) is 62.4 Å². The summed E-state index contributed by atoms with van der Waals surface area (Å²) in [5.41, 5.74) is 26.5. The molecule has 10 aromatic rings. The lowest BCUT2D eigenvalue weighted by Crippen LogP contribution is -2.61. The van der Waals surface area contributed by atoms with Crippen LogP contribution in [0.15, 0.2) is 231 Å². The quantitative estimate of drug-likeness (QED) is 0.134. The summed E-state index contributed by atoms with van der Waals surface area (Å²) in [7, 11) is 0. The third-order valence-corrected chi connectivity index (χ3v) is 17.6. The maximum Gasteiger partial charge on any atom is 0.252 e. The van der Waals surface area contributed by atoms with Gasteiger partial charge in [-0.05, 0) is 182 Å². The van der Waals surface area contributed by atoms with Crippen LogP contribution in [0, 0.1) is 6.92 Å². The van der Waals surface area contributed by atoms with E-state index in [1.807, 2.05) is 0 Å². The SMILES string of the molecule is Cc1cc(C(C)(C)C)ccc1N1c2cc3c(cc2B2c4ccc(N(c5ccccc5)c5ccccc5)cc4N(c4ccc(C(C)(C)C)cc4-c4ccccc4)c4cc(N(c5ccccc5)c5ccccc5)cc1c42)C(C)(C)CC3(C)C. The van der Waals surface area contributed by atoms with Crippen molar-refractivity contribution in [1.29, 1.82) is 0 Å². The summed E-state index contributed by atoms with van der Waals surface area (Å²) in [5.74, 6) is 0. The highest BCUT2D eigenvalue weighted by Crippen LogP contribution is 2.55. The minimum Gasteiger partial charge on any atom is -0.311 e. The van der Waals surface area contributed by atoms with Gasteiger partial charge < -0.3 is 19.6 Å². The molecule has 0 bridgehead atoms. The van der Waals surface area contributed by atoms with Crippen LogP contribution in [0.5, 0.6) is 0 Å². The molecule has 0 spiro atoms. The summed E-state index contributed by atoms with van der Waals surface area (Å²) in [6, 6.07) is 86.8. The summed E-state index contributed by atoms with van der Waals surface area (Å²) in [5, 5.41) is 0. The Labute approximate surface area is 482 Å². The van der Waals surface area contributed by atoms with Gasteiger partial charge in [0.2, 0.25) is 0 Å². The molecule has 0 amide bonds. The maximum atomic E-state index is 2.66. The predicted molar refractivity (Wildman–Crippen MR) is 348 cm³/mol. The van der Waals surface area contributed by atoms with Gasteiger partial charge in [0.15, 0.2) is 0 Å². The Morgan fingerprint density at radius 2 is 0.790 bits per heavy atom. The topological polar surface area (TPSA) is 13.0 Å². The highest BCUT2D eigenvalue weighted by atomic mass is 15.2. The third kappa shape index (κ3) is 8.93. The maximum absolute atomic E-state index is 2.66. The van der Waals surface area contributed by atoms with Crippen molar-refractivity contribution in [1.82, 2.24) is 0 Å². The van der Waals surface area contributed by atoms with Crippen molar-refractivity contribution in [2.24, 2.45) is 0 Å². The van der Waals surface area contributed by atoms with Crippen LogP contribution in [-0.2, 0) is 21.7 Å². The average molecular weight is 1050 g/mol. The van der Waals surface area contributed by atoms with Crippen molar-refractivity contribution in [3.05, 3.63) is 258 Å². The monoisotopic (exact) mass is 1050 g/mol. The summed E-state index contributed by atoms with van der Waals surface area (Å²) in [6.07, 6.45) is 1.07. The highest BCUT2D eigenvalue weighted by Gasteiger charge is 2.49. The number of hydrogen-bond acceptors (Lipinski definition) is 4. The highest BCUT2D eigenvalue weighted by molar-refractivity contribution is 7.00. The fraction of sp³-hybridized carbons (Fsp3) is 0.211. The van der Waals surface area contributed by atoms with Gasteiger partial charge in [-0.25, -0.2) is 0 Å². The van der Waals surface area contributed by atoms with E-state index in [1.165, 1.54) is 72.4 Å². The minimum absolute atomic E-state index is 0.0196. The van der Waals surface area contributed by atoms with Crippen molar-refractivity contribution in [3.8, 4) is 11.1 Å². The molecule has 81 heavy (non-hydrogen) atoms. The van der Waals surface area contributed by atoms with Gasteiger partial charge in [0.05, 0.1) is 11.4 Å². The van der Waals surface area contributed by atoms with Crippen molar-refractivity contribution < 1.29 is 0 Å². The number of benzene rings is 10. The molecule has 1 aliphatic carbocycles. The first-order valence-electron chi connectivity index (χ1n) is 29.1. The Balaban J connectivity index is 1.21. The molecule has 0 fully saturated rings. The van der Waals surface area contributed by atoms with Crippen LogP contribution in [-0.4, -0.2) is 6.71 Å². The lowest BCUT2D eigenvalue weighted by atomic mass is 9.33. The molecule has 13 rings (SSSR count). The summed E-state index contributed by atoms with van der Waals surface area (Å²) in [6.45, 7) is 26.0. The van der Waals surface area contributed by atoms with Gasteiger partial charge in [-0.3, -0.25) is 0 Å². The normalized spacial score (nSPS) is 14.7. The Bertz CT molecular complexity index is 3930. The zero-order valence-electron chi connectivity index (χ0n) is 49.0. The van der Waals surface area contributed by atoms with E-state index < -0.39 is 0 Å². The van der Waals surface area contributed by atoms with E-state index >= 15 is 0 Å². The van der Waals surface area contributed by atoms with E-state index in [4.69, 9.17) is 0 Å². The van der Waals surface area contributed by atoms with E-state index in [0.717, 1.165) is 57.6 Å². The second-order valence-corrected chi connectivity index (χ2v) is 26.3. The molecule has 10 aromatic carbocycles. The number of rotatable bonds is 9. The van der Waals surface area contributed by atoms with E-state index in [1.54, 1.807) is 0 Å². The molecule has 0 unspecified atom stereocenters. The first-order valence-corrected chi connectivity index (χ1v) is 29.1. The van der Waals surface area contributed by atoms with Crippen LogP contribution in [0.2, 0.25) is 0 Å². The van der Waals surface area contributed by atoms with Crippen molar-refractivity contribution >= 4 is 91.3 Å². The van der Waals surface area contributed by atoms with Crippen LogP contribution in [0.25, 0.3) is 11.1 Å². The van der Waals surface area contributed by atoms with Gasteiger partial charge >= 0.3 is 0 Å². The Morgan fingerprint density at radius 3 is 1.28 bits per heavy atom. The molecule has 4 nitrogen and oxygen atoms in total. The van der Waals surface area contributed by atoms with E-state index in [9.17, 15) is 0 Å². The van der Waals surface area contributed by atoms with E-state index in [2.05, 4.69) is 326 Å². The standard InChI is InChI=1S/C76H73BN4/c1-51-43-53(73(2,3)4)37-41-66(51)80-69-49-63-62(75(8,9)50-76(63,10)11)48-65(69)77-64-40-39-59(78(55-29-19-13-20-30-55)56-31-21-14-22-32-56)45-68(64)81(67-42-38-54(74(5,6)7)44-61(67)52-27-17-12-18-28-52)71-47-60(46-70(80)72(71)77)79(57-33-23-15-24-34-57)58-35-25-16-26-36-58/h12-49H,50H2,1-11H3. The van der Waals surface area contributed by atoms with Crippen LogP contribution >= 0.6 is 0 Å². The molecule has 3 aliphatic rings. The van der Waals surface area contributed by atoms with Gasteiger partial charge in [0.25, 0.3) is 6.71 Å². The molecule has 0 radical (unpaired) electrons. The molecule has 0 N–H and O–H groups in total. The van der Waals surface area contributed by atoms with Crippen LogP contribution in [0.4, 0.5) is 68.2 Å². The van der Waals surface area contributed by atoms with Gasteiger partial charge in [-0.15, -0.1) is 0 Å².